The number of allylic oxidation sites excluding steroid dienone is 1. The summed E-state index contributed by atoms with van der Waals surface area (Å²) < 4.78 is 51.2. The molecule has 8 heteroatoms. The Labute approximate surface area is 129 Å². The third kappa shape index (κ3) is 5.39. The van der Waals surface area contributed by atoms with Crippen molar-refractivity contribution in [1.82, 2.24) is 5.32 Å². The van der Waals surface area contributed by atoms with Crippen molar-refractivity contribution in [3.63, 3.8) is 0 Å². The maximum Gasteiger partial charge on any atom is 0.416 e. The minimum atomic E-state index is -4.56. The van der Waals surface area contributed by atoms with Gasteiger partial charge in [0.1, 0.15) is 6.04 Å². The third-order valence-corrected chi connectivity index (χ3v) is 3.03. The van der Waals surface area contributed by atoms with E-state index in [1.807, 2.05) is 5.32 Å². The summed E-state index contributed by atoms with van der Waals surface area (Å²) in [4.78, 5) is 22.7. The first-order valence-electron chi connectivity index (χ1n) is 6.62. The van der Waals surface area contributed by atoms with E-state index in [2.05, 4.69) is 6.58 Å². The molecule has 4 nitrogen and oxygen atoms in total. The Balaban J connectivity index is 2.79. The minimum absolute atomic E-state index is 0.0320. The first-order valence-corrected chi connectivity index (χ1v) is 6.62. The molecule has 0 saturated heterocycles. The maximum atomic E-state index is 14.0. The predicted octanol–water partition coefficient (Wildman–Crippen LogP) is 3.25. The van der Waals surface area contributed by atoms with Crippen LogP contribution in [0.1, 0.15) is 30.1 Å². The number of hydrogen-bond acceptors (Lipinski definition) is 2. The summed E-state index contributed by atoms with van der Waals surface area (Å²) in [5, 5.41) is 10.9. The number of amides is 1. The smallest absolute Gasteiger partial charge is 0.416 e. The van der Waals surface area contributed by atoms with Gasteiger partial charge in [-0.1, -0.05) is 18.2 Å². The van der Waals surface area contributed by atoms with Crippen molar-refractivity contribution in [3.05, 3.63) is 48.0 Å². The van der Waals surface area contributed by atoms with E-state index in [4.69, 9.17) is 5.11 Å². The number of halogens is 4. The molecule has 1 amide bonds. The van der Waals surface area contributed by atoms with E-state index in [0.717, 1.165) is 12.1 Å². The monoisotopic (exact) mass is 333 g/mol. The van der Waals surface area contributed by atoms with Crippen LogP contribution in [0.2, 0.25) is 0 Å². The number of rotatable bonds is 7. The highest BCUT2D eigenvalue weighted by Crippen LogP contribution is 2.30. The number of aliphatic carboxylic acids is 1. The standard InChI is InChI=1S/C15H15F4NO3/c1-2-3-4-11(14(22)23)20-13(21)12(16)9-5-7-10(8-6-9)15(17,18)19/h2,5-8,11-12H,1,3-4H2,(H,20,21)(H,22,23). The van der Waals surface area contributed by atoms with Crippen LogP contribution in [0, 0.1) is 0 Å². The topological polar surface area (TPSA) is 66.4 Å². The molecule has 1 aromatic rings. The van der Waals surface area contributed by atoms with Crippen LogP contribution in [0.5, 0.6) is 0 Å². The van der Waals surface area contributed by atoms with Gasteiger partial charge in [-0.25, -0.2) is 9.18 Å². The minimum Gasteiger partial charge on any atom is -0.480 e. The molecule has 0 radical (unpaired) electrons. The van der Waals surface area contributed by atoms with Gasteiger partial charge in [-0.05, 0) is 30.5 Å². The molecule has 2 N–H and O–H groups in total. The van der Waals surface area contributed by atoms with Crippen LogP contribution in [0.25, 0.3) is 0 Å². The number of nitrogens with one attached hydrogen (secondary N) is 1. The van der Waals surface area contributed by atoms with Crippen molar-refractivity contribution in [2.75, 3.05) is 0 Å². The average molecular weight is 333 g/mol. The molecule has 2 unspecified atom stereocenters. The molecule has 0 aliphatic carbocycles. The molecule has 23 heavy (non-hydrogen) atoms. The lowest BCUT2D eigenvalue weighted by molar-refractivity contribution is -0.143. The van der Waals surface area contributed by atoms with Gasteiger partial charge >= 0.3 is 12.1 Å². The van der Waals surface area contributed by atoms with Gasteiger partial charge in [0.05, 0.1) is 5.56 Å². The van der Waals surface area contributed by atoms with Gasteiger partial charge in [0.25, 0.3) is 5.91 Å². The third-order valence-electron chi connectivity index (χ3n) is 3.03. The first-order chi connectivity index (χ1) is 10.7. The highest BCUT2D eigenvalue weighted by atomic mass is 19.4. The normalized spacial score (nSPS) is 13.9. The number of alkyl halides is 4. The number of carboxylic acids is 1. The molecule has 0 heterocycles. The van der Waals surface area contributed by atoms with Crippen LogP contribution in [0.15, 0.2) is 36.9 Å². The quantitative estimate of drug-likeness (QED) is 0.595. The van der Waals surface area contributed by atoms with Crippen molar-refractivity contribution in [1.29, 1.82) is 0 Å². The maximum absolute atomic E-state index is 14.0. The second-order valence-electron chi connectivity index (χ2n) is 4.75. The Hall–Kier alpha value is -2.38. The molecule has 0 fully saturated rings. The Bertz CT molecular complexity index is 569. The average Bonchev–Trinajstić information content (AvgIpc) is 2.49. The van der Waals surface area contributed by atoms with Gasteiger partial charge in [0, 0.05) is 0 Å². The fraction of sp³-hybridized carbons (Fsp3) is 0.333. The van der Waals surface area contributed by atoms with E-state index < -0.39 is 35.8 Å². The van der Waals surface area contributed by atoms with Crippen molar-refractivity contribution in [2.45, 2.75) is 31.2 Å². The SMILES string of the molecule is C=CCCC(NC(=O)C(F)c1ccc(C(F)(F)F)cc1)C(=O)O. The van der Waals surface area contributed by atoms with Gasteiger partial charge < -0.3 is 10.4 Å². The Morgan fingerprint density at radius 2 is 1.83 bits per heavy atom. The van der Waals surface area contributed by atoms with Gasteiger partial charge in [-0.15, -0.1) is 6.58 Å². The highest BCUT2D eigenvalue weighted by Gasteiger charge is 2.31. The van der Waals surface area contributed by atoms with Crippen molar-refractivity contribution in [2.24, 2.45) is 0 Å². The zero-order chi connectivity index (χ0) is 17.6. The second-order valence-corrected chi connectivity index (χ2v) is 4.75. The lowest BCUT2D eigenvalue weighted by Crippen LogP contribution is -2.42. The van der Waals surface area contributed by atoms with E-state index >= 15 is 0 Å². The van der Waals surface area contributed by atoms with Crippen LogP contribution in [-0.4, -0.2) is 23.0 Å². The fourth-order valence-electron chi connectivity index (χ4n) is 1.78. The summed E-state index contributed by atoms with van der Waals surface area (Å²) in [6.07, 6.45) is -5.04. The summed E-state index contributed by atoms with van der Waals surface area (Å²) in [6.45, 7) is 3.41. The summed E-state index contributed by atoms with van der Waals surface area (Å²) in [5.74, 6) is -2.55. The molecule has 0 spiro atoms. The van der Waals surface area contributed by atoms with Gasteiger partial charge in [-0.3, -0.25) is 4.79 Å². The molecule has 2 atom stereocenters. The lowest BCUT2D eigenvalue weighted by atomic mass is 10.1. The molecule has 0 aromatic heterocycles. The zero-order valence-corrected chi connectivity index (χ0v) is 11.9. The Kier molecular flexibility index (Phi) is 6.29. The number of carbonyl (C=O) groups is 2. The molecule has 0 aliphatic rings. The fourth-order valence-corrected chi connectivity index (χ4v) is 1.78. The molecule has 126 valence electrons. The summed E-state index contributed by atoms with van der Waals surface area (Å²) >= 11 is 0. The van der Waals surface area contributed by atoms with Crippen LogP contribution in [0.4, 0.5) is 17.6 Å². The van der Waals surface area contributed by atoms with Crippen LogP contribution in [-0.2, 0) is 15.8 Å². The van der Waals surface area contributed by atoms with Crippen LogP contribution < -0.4 is 5.32 Å². The largest absolute Gasteiger partial charge is 0.480 e. The lowest BCUT2D eigenvalue weighted by Gasteiger charge is -2.16. The molecular formula is C15H15F4NO3. The summed E-state index contributed by atoms with van der Waals surface area (Å²) in [5.41, 5.74) is -1.26. The molecular weight excluding hydrogens is 318 g/mol. The van der Waals surface area contributed by atoms with Crippen LogP contribution >= 0.6 is 0 Å². The molecule has 0 bridgehead atoms. The van der Waals surface area contributed by atoms with Gasteiger partial charge in [-0.2, -0.15) is 13.2 Å². The van der Waals surface area contributed by atoms with Crippen LogP contribution in [0.3, 0.4) is 0 Å². The number of benzene rings is 1. The number of carboxylic acid groups (broad SMARTS) is 1. The summed E-state index contributed by atoms with van der Waals surface area (Å²) in [6, 6.07) is 1.69. The van der Waals surface area contributed by atoms with E-state index in [0.29, 0.717) is 18.6 Å². The zero-order valence-electron chi connectivity index (χ0n) is 11.9. The first kappa shape index (κ1) is 18.7. The van der Waals surface area contributed by atoms with E-state index in [-0.39, 0.29) is 12.0 Å². The summed E-state index contributed by atoms with van der Waals surface area (Å²) in [7, 11) is 0. The van der Waals surface area contributed by atoms with Crippen molar-refractivity contribution < 1.29 is 32.3 Å². The van der Waals surface area contributed by atoms with Crippen molar-refractivity contribution >= 4 is 11.9 Å². The molecule has 0 aliphatic heterocycles. The van der Waals surface area contributed by atoms with Crippen molar-refractivity contribution in [3.8, 4) is 0 Å². The van der Waals surface area contributed by atoms with E-state index in [1.165, 1.54) is 6.08 Å². The Morgan fingerprint density at radius 3 is 2.26 bits per heavy atom. The molecule has 1 aromatic carbocycles. The molecule has 1 rings (SSSR count). The number of carbonyl (C=O) groups excluding carboxylic acids is 1. The van der Waals surface area contributed by atoms with E-state index in [1.54, 1.807) is 0 Å². The van der Waals surface area contributed by atoms with E-state index in [9.17, 15) is 27.2 Å². The predicted molar refractivity (Wildman–Crippen MR) is 74.3 cm³/mol. The van der Waals surface area contributed by atoms with Gasteiger partial charge in [0.2, 0.25) is 6.17 Å². The van der Waals surface area contributed by atoms with Gasteiger partial charge in [0.15, 0.2) is 0 Å². The number of hydrogen-bond donors (Lipinski definition) is 2. The highest BCUT2D eigenvalue weighted by molar-refractivity contribution is 5.87. The molecule has 0 saturated carbocycles. The Morgan fingerprint density at radius 1 is 1.26 bits per heavy atom. The second kappa shape index (κ2) is 7.75.